The first-order chi connectivity index (χ1) is 8.15. The summed E-state index contributed by atoms with van der Waals surface area (Å²) < 4.78 is 0.711. The van der Waals surface area contributed by atoms with E-state index in [0.717, 1.165) is 26.1 Å². The van der Waals surface area contributed by atoms with Crippen molar-refractivity contribution in [2.24, 2.45) is 0 Å². The van der Waals surface area contributed by atoms with Gasteiger partial charge in [0.15, 0.2) is 0 Å². The predicted molar refractivity (Wildman–Crippen MR) is 72.4 cm³/mol. The Labute approximate surface area is 109 Å². The molecule has 94 valence electrons. The summed E-state index contributed by atoms with van der Waals surface area (Å²) in [5.74, 6) is 0. The average Bonchev–Trinajstić information content (AvgIpc) is 2.30. The van der Waals surface area contributed by atoms with Crippen molar-refractivity contribution in [3.8, 4) is 0 Å². The first-order valence-corrected chi connectivity index (χ1v) is 6.33. The van der Waals surface area contributed by atoms with Crippen molar-refractivity contribution in [2.45, 2.75) is 13.3 Å². The van der Waals surface area contributed by atoms with E-state index in [0.29, 0.717) is 10.2 Å². The second kappa shape index (κ2) is 7.24. The molecule has 1 aromatic rings. The summed E-state index contributed by atoms with van der Waals surface area (Å²) in [7, 11) is 0. The van der Waals surface area contributed by atoms with Crippen molar-refractivity contribution < 1.29 is 4.92 Å². The van der Waals surface area contributed by atoms with Gasteiger partial charge in [-0.25, -0.2) is 0 Å². The Hall–Kier alpha value is -1.14. The smallest absolute Gasteiger partial charge is 0.293 e. The molecule has 17 heavy (non-hydrogen) atoms. The van der Waals surface area contributed by atoms with Crippen LogP contribution < -0.4 is 10.6 Å². The van der Waals surface area contributed by atoms with Crippen molar-refractivity contribution in [3.05, 3.63) is 32.8 Å². The Bertz CT molecular complexity index is 385. The average molecular weight is 302 g/mol. The highest BCUT2D eigenvalue weighted by Gasteiger charge is 2.13. The van der Waals surface area contributed by atoms with Crippen LogP contribution in [0.2, 0.25) is 0 Å². The Morgan fingerprint density at radius 3 is 2.82 bits per heavy atom. The molecule has 5 nitrogen and oxygen atoms in total. The fourth-order valence-corrected chi connectivity index (χ4v) is 1.77. The molecule has 1 rings (SSSR count). The molecule has 0 amide bonds. The standard InChI is InChI=1S/C11H16BrN3O2/c1-2-13-6-3-7-14-10-5-4-9(12)8-11(10)15(16)17/h4-5,8,13-14H,2-3,6-7H2,1H3. The quantitative estimate of drug-likeness (QED) is 0.462. The molecule has 0 unspecified atom stereocenters. The Balaban J connectivity index is 2.55. The molecule has 0 heterocycles. The zero-order chi connectivity index (χ0) is 12.7. The van der Waals surface area contributed by atoms with E-state index in [2.05, 4.69) is 26.6 Å². The van der Waals surface area contributed by atoms with Crippen LogP contribution in [0.1, 0.15) is 13.3 Å². The fraction of sp³-hybridized carbons (Fsp3) is 0.455. The van der Waals surface area contributed by atoms with Gasteiger partial charge in [0, 0.05) is 17.1 Å². The molecule has 0 aliphatic heterocycles. The van der Waals surface area contributed by atoms with Crippen LogP contribution in [-0.4, -0.2) is 24.6 Å². The number of halogens is 1. The normalized spacial score (nSPS) is 10.2. The van der Waals surface area contributed by atoms with E-state index in [1.165, 1.54) is 6.07 Å². The van der Waals surface area contributed by atoms with Crippen molar-refractivity contribution in [1.82, 2.24) is 5.32 Å². The Kier molecular flexibility index (Phi) is 5.93. The van der Waals surface area contributed by atoms with Crippen molar-refractivity contribution >= 4 is 27.3 Å². The number of rotatable bonds is 7. The second-order valence-electron chi connectivity index (χ2n) is 3.55. The summed E-state index contributed by atoms with van der Waals surface area (Å²) in [6.07, 6.45) is 0.932. The van der Waals surface area contributed by atoms with E-state index in [1.54, 1.807) is 12.1 Å². The number of anilines is 1. The summed E-state index contributed by atoms with van der Waals surface area (Å²) in [6.45, 7) is 4.62. The van der Waals surface area contributed by atoms with Crippen LogP contribution in [0.5, 0.6) is 0 Å². The Morgan fingerprint density at radius 1 is 1.41 bits per heavy atom. The molecule has 6 heteroatoms. The van der Waals surface area contributed by atoms with Crippen molar-refractivity contribution in [1.29, 1.82) is 0 Å². The molecule has 0 atom stereocenters. The summed E-state index contributed by atoms with van der Waals surface area (Å²) in [5, 5.41) is 17.1. The van der Waals surface area contributed by atoms with E-state index in [4.69, 9.17) is 0 Å². The number of hydrogen-bond donors (Lipinski definition) is 2. The van der Waals surface area contributed by atoms with E-state index < -0.39 is 0 Å². The first-order valence-electron chi connectivity index (χ1n) is 5.53. The number of hydrogen-bond acceptors (Lipinski definition) is 4. The lowest BCUT2D eigenvalue weighted by Gasteiger charge is -2.07. The maximum absolute atomic E-state index is 10.8. The van der Waals surface area contributed by atoms with Gasteiger partial charge in [-0.15, -0.1) is 0 Å². The molecule has 0 bridgehead atoms. The lowest BCUT2D eigenvalue weighted by atomic mass is 10.2. The van der Waals surface area contributed by atoms with Crippen molar-refractivity contribution in [2.75, 3.05) is 25.0 Å². The number of nitrogens with zero attached hydrogens (tertiary/aromatic N) is 1. The molecule has 0 radical (unpaired) electrons. The molecule has 0 aliphatic carbocycles. The minimum atomic E-state index is -0.378. The van der Waals surface area contributed by atoms with Gasteiger partial charge in [-0.3, -0.25) is 10.1 Å². The number of benzene rings is 1. The molecule has 0 saturated carbocycles. The Morgan fingerprint density at radius 2 is 2.18 bits per heavy atom. The van der Waals surface area contributed by atoms with Gasteiger partial charge >= 0.3 is 0 Å². The monoisotopic (exact) mass is 301 g/mol. The number of nitro benzene ring substituents is 1. The molecule has 2 N–H and O–H groups in total. The second-order valence-corrected chi connectivity index (χ2v) is 4.47. The third-order valence-electron chi connectivity index (χ3n) is 2.25. The van der Waals surface area contributed by atoms with Gasteiger partial charge in [-0.1, -0.05) is 22.9 Å². The van der Waals surface area contributed by atoms with Crippen LogP contribution in [0.25, 0.3) is 0 Å². The van der Waals surface area contributed by atoms with Gasteiger partial charge in [0.25, 0.3) is 5.69 Å². The third kappa shape index (κ3) is 4.70. The summed E-state index contributed by atoms with van der Waals surface area (Å²) >= 11 is 3.22. The van der Waals surface area contributed by atoms with Gasteiger partial charge in [0.05, 0.1) is 4.92 Å². The first kappa shape index (κ1) is 13.9. The largest absolute Gasteiger partial charge is 0.379 e. The molecular formula is C11H16BrN3O2. The van der Waals surface area contributed by atoms with Gasteiger partial charge in [-0.2, -0.15) is 0 Å². The molecular weight excluding hydrogens is 286 g/mol. The minimum Gasteiger partial charge on any atom is -0.379 e. The molecule has 0 aliphatic rings. The SMILES string of the molecule is CCNCCCNc1ccc(Br)cc1[N+](=O)[O-]. The molecule has 0 aromatic heterocycles. The molecule has 0 fully saturated rings. The summed E-state index contributed by atoms with van der Waals surface area (Å²) in [6, 6.07) is 5.02. The topological polar surface area (TPSA) is 67.2 Å². The summed E-state index contributed by atoms with van der Waals surface area (Å²) in [5.41, 5.74) is 0.664. The maximum Gasteiger partial charge on any atom is 0.293 e. The van der Waals surface area contributed by atoms with Gasteiger partial charge in [0.2, 0.25) is 0 Å². The van der Waals surface area contributed by atoms with E-state index in [-0.39, 0.29) is 10.6 Å². The highest BCUT2D eigenvalue weighted by Crippen LogP contribution is 2.27. The van der Waals surface area contributed by atoms with Crippen LogP contribution in [0.4, 0.5) is 11.4 Å². The summed E-state index contributed by atoms with van der Waals surface area (Å²) in [4.78, 5) is 10.5. The maximum atomic E-state index is 10.8. The van der Waals surface area contributed by atoms with E-state index in [9.17, 15) is 10.1 Å². The zero-order valence-corrected chi connectivity index (χ0v) is 11.3. The van der Waals surface area contributed by atoms with E-state index >= 15 is 0 Å². The van der Waals surface area contributed by atoms with Crippen LogP contribution >= 0.6 is 15.9 Å². The number of nitro groups is 1. The van der Waals surface area contributed by atoms with Crippen molar-refractivity contribution in [3.63, 3.8) is 0 Å². The highest BCUT2D eigenvalue weighted by molar-refractivity contribution is 9.10. The number of nitrogens with one attached hydrogen (secondary N) is 2. The lowest BCUT2D eigenvalue weighted by Crippen LogP contribution is -2.17. The van der Waals surface area contributed by atoms with Crippen LogP contribution in [-0.2, 0) is 0 Å². The molecule has 0 spiro atoms. The molecule has 0 saturated heterocycles. The van der Waals surface area contributed by atoms with Gasteiger partial charge < -0.3 is 10.6 Å². The fourth-order valence-electron chi connectivity index (χ4n) is 1.42. The molecule has 1 aromatic carbocycles. The lowest BCUT2D eigenvalue weighted by molar-refractivity contribution is -0.384. The third-order valence-corrected chi connectivity index (χ3v) is 2.75. The highest BCUT2D eigenvalue weighted by atomic mass is 79.9. The zero-order valence-electron chi connectivity index (χ0n) is 9.70. The minimum absolute atomic E-state index is 0.0998. The van der Waals surface area contributed by atoms with Gasteiger partial charge in [-0.05, 0) is 31.6 Å². The van der Waals surface area contributed by atoms with E-state index in [1.807, 2.05) is 6.92 Å². The van der Waals surface area contributed by atoms with Crippen LogP contribution in [0, 0.1) is 10.1 Å². The van der Waals surface area contributed by atoms with Crippen LogP contribution in [0.15, 0.2) is 22.7 Å². The predicted octanol–water partition coefficient (Wildman–Crippen LogP) is 2.77. The van der Waals surface area contributed by atoms with Gasteiger partial charge in [0.1, 0.15) is 5.69 Å². The van der Waals surface area contributed by atoms with Crippen LogP contribution in [0.3, 0.4) is 0 Å².